The topological polar surface area (TPSA) is 102 Å². The second-order valence-corrected chi connectivity index (χ2v) is 11.4. The smallest absolute Gasteiger partial charge is 0.251 e. The van der Waals surface area contributed by atoms with Gasteiger partial charge in [0.25, 0.3) is 5.91 Å². The standard InChI is InChI=1S/C25H27N5O2S2/c1-12-9-14(3)21-17(10-12)13(2)11-19-28-29-25(30(19)21)33-15(4)23(32)27-24-20(22(26)31)16-7-5-6-8-18(16)34-24/h9-11,15H,5-8H2,1-4H3,(H2,26,31)(H,27,32). The van der Waals surface area contributed by atoms with Crippen LogP contribution in [0.15, 0.2) is 23.4 Å². The van der Waals surface area contributed by atoms with Crippen LogP contribution in [0.5, 0.6) is 0 Å². The summed E-state index contributed by atoms with van der Waals surface area (Å²) in [4.78, 5) is 26.5. The van der Waals surface area contributed by atoms with E-state index in [0.29, 0.717) is 15.7 Å². The van der Waals surface area contributed by atoms with Gasteiger partial charge in [0.1, 0.15) is 5.00 Å². The highest BCUT2D eigenvalue weighted by Gasteiger charge is 2.27. The van der Waals surface area contributed by atoms with E-state index in [-0.39, 0.29) is 5.91 Å². The summed E-state index contributed by atoms with van der Waals surface area (Å²) in [6, 6.07) is 6.35. The molecule has 0 radical (unpaired) electrons. The number of rotatable bonds is 5. The third-order valence-corrected chi connectivity index (χ3v) is 8.65. The van der Waals surface area contributed by atoms with E-state index in [1.54, 1.807) is 0 Å². The molecule has 9 heteroatoms. The average molecular weight is 494 g/mol. The number of fused-ring (bicyclic) bond motifs is 4. The SMILES string of the molecule is Cc1cc(C)c2c(c1)c(C)cc1nnc(SC(C)C(=O)Nc3sc4c(c3C(N)=O)CCCC4)n12. The van der Waals surface area contributed by atoms with Crippen molar-refractivity contribution in [3.63, 3.8) is 0 Å². The molecule has 1 aromatic carbocycles. The number of thiophene rings is 1. The number of amides is 2. The monoisotopic (exact) mass is 493 g/mol. The number of nitrogens with zero attached hydrogens (tertiary/aromatic N) is 3. The largest absolute Gasteiger partial charge is 0.365 e. The Kier molecular flexibility index (Phi) is 5.85. The van der Waals surface area contributed by atoms with Gasteiger partial charge in [-0.2, -0.15) is 0 Å². The molecule has 0 fully saturated rings. The van der Waals surface area contributed by atoms with Gasteiger partial charge in [0.2, 0.25) is 5.91 Å². The molecule has 1 aliphatic carbocycles. The predicted octanol–water partition coefficient (Wildman–Crippen LogP) is 4.97. The van der Waals surface area contributed by atoms with Crippen LogP contribution in [0.4, 0.5) is 5.00 Å². The molecule has 176 valence electrons. The summed E-state index contributed by atoms with van der Waals surface area (Å²) in [5.41, 5.74) is 12.5. The summed E-state index contributed by atoms with van der Waals surface area (Å²) in [7, 11) is 0. The molecule has 3 aromatic heterocycles. The lowest BCUT2D eigenvalue weighted by Crippen LogP contribution is -2.24. The zero-order valence-electron chi connectivity index (χ0n) is 19.7. The first-order valence-electron chi connectivity index (χ1n) is 11.4. The lowest BCUT2D eigenvalue weighted by molar-refractivity contribution is -0.115. The van der Waals surface area contributed by atoms with E-state index in [2.05, 4.69) is 48.4 Å². The fraction of sp³-hybridized carbons (Fsp3) is 0.360. The number of carbonyl (C=O) groups excluding carboxylic acids is 2. The molecule has 5 rings (SSSR count). The minimum atomic E-state index is -0.480. The fourth-order valence-corrected chi connectivity index (χ4v) is 6.99. The van der Waals surface area contributed by atoms with Gasteiger partial charge in [-0.25, -0.2) is 0 Å². The van der Waals surface area contributed by atoms with Gasteiger partial charge in [0.15, 0.2) is 10.8 Å². The maximum atomic E-state index is 13.2. The van der Waals surface area contributed by atoms with Crippen LogP contribution in [0.25, 0.3) is 16.6 Å². The van der Waals surface area contributed by atoms with Crippen LogP contribution in [0, 0.1) is 20.8 Å². The van der Waals surface area contributed by atoms with Gasteiger partial charge in [0, 0.05) is 10.3 Å². The number of nitrogens with two attached hydrogens (primary N) is 1. The molecule has 7 nitrogen and oxygen atoms in total. The van der Waals surface area contributed by atoms with E-state index in [1.807, 2.05) is 17.4 Å². The number of thioether (sulfide) groups is 1. The van der Waals surface area contributed by atoms with Crippen LogP contribution in [0.3, 0.4) is 0 Å². The van der Waals surface area contributed by atoms with Gasteiger partial charge in [-0.05, 0) is 82.2 Å². The van der Waals surface area contributed by atoms with E-state index < -0.39 is 11.2 Å². The van der Waals surface area contributed by atoms with Crippen molar-refractivity contribution < 1.29 is 9.59 Å². The van der Waals surface area contributed by atoms with E-state index >= 15 is 0 Å². The zero-order chi connectivity index (χ0) is 24.1. The molecule has 0 bridgehead atoms. The van der Waals surface area contributed by atoms with Crippen LogP contribution in [0.2, 0.25) is 0 Å². The Balaban J connectivity index is 1.46. The first-order chi connectivity index (χ1) is 16.2. The van der Waals surface area contributed by atoms with Crippen LogP contribution in [-0.4, -0.2) is 31.7 Å². The molecule has 1 aliphatic rings. The van der Waals surface area contributed by atoms with Gasteiger partial charge in [-0.15, -0.1) is 21.5 Å². The zero-order valence-corrected chi connectivity index (χ0v) is 21.3. The quantitative estimate of drug-likeness (QED) is 0.382. The van der Waals surface area contributed by atoms with Crippen molar-refractivity contribution in [1.29, 1.82) is 0 Å². The Bertz CT molecular complexity index is 1470. The molecule has 34 heavy (non-hydrogen) atoms. The van der Waals surface area contributed by atoms with Crippen molar-refractivity contribution in [3.05, 3.63) is 50.9 Å². The highest BCUT2D eigenvalue weighted by Crippen LogP contribution is 2.38. The number of primary amides is 1. The number of hydrogen-bond acceptors (Lipinski definition) is 6. The van der Waals surface area contributed by atoms with Crippen LogP contribution < -0.4 is 11.1 Å². The Labute approximate surface area is 206 Å². The Morgan fingerprint density at radius 2 is 1.88 bits per heavy atom. The maximum absolute atomic E-state index is 13.2. The number of pyridine rings is 1. The minimum absolute atomic E-state index is 0.188. The predicted molar refractivity (Wildman–Crippen MR) is 138 cm³/mol. The summed E-state index contributed by atoms with van der Waals surface area (Å²) in [6.45, 7) is 8.09. The van der Waals surface area contributed by atoms with Crippen molar-refractivity contribution in [1.82, 2.24) is 14.6 Å². The van der Waals surface area contributed by atoms with Crippen LogP contribution in [-0.2, 0) is 17.6 Å². The number of benzene rings is 1. The molecular weight excluding hydrogens is 466 g/mol. The third-order valence-electron chi connectivity index (χ3n) is 6.40. The average Bonchev–Trinajstić information content (AvgIpc) is 3.34. The molecular formula is C25H27N5O2S2. The van der Waals surface area contributed by atoms with Crippen molar-refractivity contribution in [3.8, 4) is 0 Å². The number of aromatic nitrogens is 3. The number of aryl methyl sites for hydroxylation is 4. The van der Waals surface area contributed by atoms with Gasteiger partial charge in [-0.1, -0.05) is 23.4 Å². The summed E-state index contributed by atoms with van der Waals surface area (Å²) in [5, 5.41) is 13.7. The van der Waals surface area contributed by atoms with Crippen molar-refractivity contribution in [2.75, 3.05) is 5.32 Å². The highest BCUT2D eigenvalue weighted by molar-refractivity contribution is 8.00. The molecule has 0 aliphatic heterocycles. The molecule has 3 N–H and O–H groups in total. The van der Waals surface area contributed by atoms with Gasteiger partial charge in [0.05, 0.1) is 16.3 Å². The number of nitrogens with one attached hydrogen (secondary N) is 1. The number of hydrogen-bond donors (Lipinski definition) is 2. The van der Waals surface area contributed by atoms with Crippen LogP contribution >= 0.6 is 23.1 Å². The Morgan fingerprint density at radius 3 is 2.65 bits per heavy atom. The molecule has 1 unspecified atom stereocenters. The summed E-state index contributed by atoms with van der Waals surface area (Å²) in [6.07, 6.45) is 3.90. The lowest BCUT2D eigenvalue weighted by Gasteiger charge is -2.14. The minimum Gasteiger partial charge on any atom is -0.365 e. The van der Waals surface area contributed by atoms with E-state index in [4.69, 9.17) is 5.73 Å². The molecule has 0 saturated heterocycles. The molecule has 1 atom stereocenters. The number of anilines is 1. The second kappa shape index (κ2) is 8.70. The highest BCUT2D eigenvalue weighted by atomic mass is 32.2. The molecule has 3 heterocycles. The first kappa shape index (κ1) is 22.9. The van der Waals surface area contributed by atoms with E-state index in [1.165, 1.54) is 28.7 Å². The van der Waals surface area contributed by atoms with E-state index in [0.717, 1.165) is 63.8 Å². The summed E-state index contributed by atoms with van der Waals surface area (Å²) in [5.74, 6) is -0.669. The van der Waals surface area contributed by atoms with Crippen molar-refractivity contribution in [2.45, 2.75) is 63.8 Å². The molecule has 2 amide bonds. The van der Waals surface area contributed by atoms with E-state index in [9.17, 15) is 9.59 Å². The Hall–Kier alpha value is -2.91. The molecule has 0 spiro atoms. The summed E-state index contributed by atoms with van der Waals surface area (Å²) < 4.78 is 2.03. The second-order valence-electron chi connectivity index (χ2n) is 9.01. The van der Waals surface area contributed by atoms with Gasteiger partial charge in [-0.3, -0.25) is 14.0 Å². The number of carbonyl (C=O) groups is 2. The van der Waals surface area contributed by atoms with Gasteiger partial charge >= 0.3 is 0 Å². The third kappa shape index (κ3) is 3.86. The summed E-state index contributed by atoms with van der Waals surface area (Å²) >= 11 is 2.83. The maximum Gasteiger partial charge on any atom is 0.251 e. The fourth-order valence-electron chi connectivity index (χ4n) is 4.83. The van der Waals surface area contributed by atoms with Crippen molar-refractivity contribution in [2.24, 2.45) is 5.73 Å². The van der Waals surface area contributed by atoms with Crippen molar-refractivity contribution >= 4 is 56.5 Å². The molecule has 0 saturated carbocycles. The van der Waals surface area contributed by atoms with Gasteiger partial charge < -0.3 is 11.1 Å². The molecule has 4 aromatic rings. The Morgan fingerprint density at radius 1 is 1.12 bits per heavy atom. The first-order valence-corrected chi connectivity index (χ1v) is 13.1. The normalized spacial score (nSPS) is 14.4. The van der Waals surface area contributed by atoms with Crippen LogP contribution in [0.1, 0.15) is 57.3 Å². The lowest BCUT2D eigenvalue weighted by atomic mass is 9.95.